The number of hydrogen-bond acceptors (Lipinski definition) is 3. The van der Waals surface area contributed by atoms with Crippen molar-refractivity contribution in [3.63, 3.8) is 0 Å². The van der Waals surface area contributed by atoms with E-state index in [9.17, 15) is 0 Å². The van der Waals surface area contributed by atoms with Crippen molar-refractivity contribution in [2.24, 2.45) is 17.6 Å². The third-order valence-corrected chi connectivity index (χ3v) is 6.41. The largest absolute Gasteiger partial charge is 0.329 e. The maximum atomic E-state index is 6.30. The topological polar surface area (TPSA) is 32.5 Å². The third kappa shape index (κ3) is 2.34. The van der Waals surface area contributed by atoms with Crippen molar-refractivity contribution in [1.82, 2.24) is 9.80 Å². The second kappa shape index (κ2) is 5.34. The van der Waals surface area contributed by atoms with E-state index in [4.69, 9.17) is 5.73 Å². The molecule has 1 saturated carbocycles. The molecule has 0 aromatic rings. The Morgan fingerprint density at radius 1 is 1.26 bits per heavy atom. The lowest BCUT2D eigenvalue weighted by Gasteiger charge is -2.52. The maximum absolute atomic E-state index is 6.30. The molecular weight excluding hydrogens is 234 g/mol. The first-order valence-corrected chi connectivity index (χ1v) is 8.31. The normalized spacial score (nSPS) is 46.7. The number of hydrogen-bond donors (Lipinski definition) is 1. The van der Waals surface area contributed by atoms with Gasteiger partial charge < -0.3 is 10.6 Å². The van der Waals surface area contributed by atoms with Crippen LogP contribution in [0, 0.1) is 11.8 Å². The van der Waals surface area contributed by atoms with Crippen LogP contribution in [-0.2, 0) is 0 Å². The van der Waals surface area contributed by atoms with Crippen LogP contribution < -0.4 is 5.73 Å². The van der Waals surface area contributed by atoms with Crippen molar-refractivity contribution in [3.05, 3.63) is 0 Å². The molecule has 0 radical (unpaired) electrons. The second-order valence-electron chi connectivity index (χ2n) is 7.38. The van der Waals surface area contributed by atoms with Crippen molar-refractivity contribution in [3.8, 4) is 0 Å². The molecule has 0 spiro atoms. The smallest absolute Gasteiger partial charge is 0.0384 e. The average molecular weight is 265 g/mol. The van der Waals surface area contributed by atoms with Gasteiger partial charge in [-0.1, -0.05) is 19.8 Å². The van der Waals surface area contributed by atoms with Crippen molar-refractivity contribution < 1.29 is 0 Å². The summed E-state index contributed by atoms with van der Waals surface area (Å²) in [6, 6.07) is 0.777. The minimum Gasteiger partial charge on any atom is -0.329 e. The fourth-order valence-corrected chi connectivity index (χ4v) is 5.02. The van der Waals surface area contributed by atoms with Gasteiger partial charge in [0, 0.05) is 24.7 Å². The van der Waals surface area contributed by atoms with E-state index in [0.29, 0.717) is 5.54 Å². The summed E-state index contributed by atoms with van der Waals surface area (Å²) < 4.78 is 0. The quantitative estimate of drug-likeness (QED) is 0.846. The van der Waals surface area contributed by atoms with Gasteiger partial charge in [-0.3, -0.25) is 4.90 Å². The predicted octanol–water partition coefficient (Wildman–Crippen LogP) is 1.92. The Balaban J connectivity index is 1.76. The molecule has 110 valence electrons. The fraction of sp³-hybridized carbons (Fsp3) is 1.00. The van der Waals surface area contributed by atoms with Crippen LogP contribution in [0.5, 0.6) is 0 Å². The molecule has 2 aliphatic heterocycles. The van der Waals surface area contributed by atoms with E-state index in [1.165, 1.54) is 58.2 Å². The van der Waals surface area contributed by atoms with E-state index in [1.807, 2.05) is 0 Å². The van der Waals surface area contributed by atoms with Crippen LogP contribution in [0.4, 0.5) is 0 Å². The Labute approximate surface area is 118 Å². The van der Waals surface area contributed by atoms with Gasteiger partial charge in [0.25, 0.3) is 0 Å². The summed E-state index contributed by atoms with van der Waals surface area (Å²) in [6.45, 7) is 7.14. The summed E-state index contributed by atoms with van der Waals surface area (Å²) >= 11 is 0. The molecule has 1 aliphatic carbocycles. The van der Waals surface area contributed by atoms with Crippen molar-refractivity contribution in [2.75, 3.05) is 33.2 Å². The Kier molecular flexibility index (Phi) is 3.89. The highest BCUT2D eigenvalue weighted by Crippen LogP contribution is 2.41. The minimum atomic E-state index is 0.300. The van der Waals surface area contributed by atoms with E-state index in [0.717, 1.165) is 24.4 Å². The molecule has 3 heteroatoms. The van der Waals surface area contributed by atoms with E-state index in [1.54, 1.807) is 0 Å². The number of rotatable bonds is 3. The Morgan fingerprint density at radius 3 is 2.84 bits per heavy atom. The standard InChI is InChI=1S/C16H31N3/c1-13-4-3-5-15(10-13)18(2)16(12-17)7-9-19-8-6-14(16)11-19/h13-15H,3-12,17H2,1-2H3. The lowest BCUT2D eigenvalue weighted by Crippen LogP contribution is -2.63. The van der Waals surface area contributed by atoms with Gasteiger partial charge in [0.1, 0.15) is 0 Å². The molecule has 3 fully saturated rings. The molecule has 2 bridgehead atoms. The van der Waals surface area contributed by atoms with Gasteiger partial charge in [0.15, 0.2) is 0 Å². The van der Waals surface area contributed by atoms with Crippen LogP contribution in [0.2, 0.25) is 0 Å². The molecule has 5 atom stereocenters. The SMILES string of the molecule is CC1CCCC(N(C)C2(CN)CCN3CCC2C3)C1. The number of nitrogens with zero attached hydrogens (tertiary/aromatic N) is 2. The van der Waals surface area contributed by atoms with Crippen LogP contribution in [0.15, 0.2) is 0 Å². The van der Waals surface area contributed by atoms with Crippen LogP contribution in [0.25, 0.3) is 0 Å². The average Bonchev–Trinajstić information content (AvgIpc) is 2.83. The first kappa shape index (κ1) is 13.8. The zero-order chi connectivity index (χ0) is 13.5. The third-order valence-electron chi connectivity index (χ3n) is 6.41. The first-order chi connectivity index (χ1) is 9.15. The van der Waals surface area contributed by atoms with Crippen LogP contribution >= 0.6 is 0 Å². The molecule has 3 aliphatic rings. The van der Waals surface area contributed by atoms with Gasteiger partial charge in [-0.2, -0.15) is 0 Å². The Bertz CT molecular complexity index is 319. The first-order valence-electron chi connectivity index (χ1n) is 8.31. The number of fused-ring (bicyclic) bond motifs is 2. The fourth-order valence-electron chi connectivity index (χ4n) is 5.02. The summed E-state index contributed by atoms with van der Waals surface area (Å²) in [4.78, 5) is 5.37. The molecule has 0 aromatic heterocycles. The zero-order valence-corrected chi connectivity index (χ0v) is 12.8. The van der Waals surface area contributed by atoms with Gasteiger partial charge in [0.05, 0.1) is 0 Å². The number of nitrogens with two attached hydrogens (primary N) is 1. The summed E-state index contributed by atoms with van der Waals surface area (Å²) in [5, 5.41) is 0. The van der Waals surface area contributed by atoms with E-state index in [2.05, 4.69) is 23.8 Å². The molecule has 2 N–H and O–H groups in total. The highest BCUT2D eigenvalue weighted by atomic mass is 15.3. The molecule has 2 heterocycles. The van der Waals surface area contributed by atoms with Gasteiger partial charge in [-0.15, -0.1) is 0 Å². The Morgan fingerprint density at radius 2 is 2.11 bits per heavy atom. The molecule has 3 nitrogen and oxygen atoms in total. The Hall–Kier alpha value is -0.120. The van der Waals surface area contributed by atoms with Gasteiger partial charge in [0.2, 0.25) is 0 Å². The minimum absolute atomic E-state index is 0.300. The monoisotopic (exact) mass is 265 g/mol. The zero-order valence-electron chi connectivity index (χ0n) is 12.8. The molecular formula is C16H31N3. The highest BCUT2D eigenvalue weighted by molar-refractivity contribution is 5.06. The number of piperidine rings is 1. The van der Waals surface area contributed by atoms with Gasteiger partial charge in [-0.25, -0.2) is 0 Å². The van der Waals surface area contributed by atoms with E-state index < -0.39 is 0 Å². The van der Waals surface area contributed by atoms with Crippen molar-refractivity contribution in [1.29, 1.82) is 0 Å². The summed E-state index contributed by atoms with van der Waals surface area (Å²) in [6.07, 6.45) is 8.26. The predicted molar refractivity (Wildman–Crippen MR) is 80.1 cm³/mol. The summed E-state index contributed by atoms with van der Waals surface area (Å²) in [5.41, 5.74) is 6.61. The van der Waals surface area contributed by atoms with Gasteiger partial charge in [-0.05, 0) is 57.7 Å². The van der Waals surface area contributed by atoms with Crippen molar-refractivity contribution >= 4 is 0 Å². The van der Waals surface area contributed by atoms with Crippen LogP contribution in [0.1, 0.15) is 45.4 Å². The maximum Gasteiger partial charge on any atom is 0.0384 e. The molecule has 3 rings (SSSR count). The molecule has 2 saturated heterocycles. The highest BCUT2D eigenvalue weighted by Gasteiger charge is 2.49. The lowest BCUT2D eigenvalue weighted by molar-refractivity contribution is -0.0177. The molecule has 0 amide bonds. The van der Waals surface area contributed by atoms with Crippen molar-refractivity contribution in [2.45, 2.75) is 57.0 Å². The summed E-state index contributed by atoms with van der Waals surface area (Å²) in [5.74, 6) is 1.72. The van der Waals surface area contributed by atoms with Gasteiger partial charge >= 0.3 is 0 Å². The molecule has 0 aromatic carbocycles. The van der Waals surface area contributed by atoms with E-state index >= 15 is 0 Å². The second-order valence-corrected chi connectivity index (χ2v) is 7.38. The number of likely N-dealkylation sites (N-methyl/N-ethyl adjacent to an activating group) is 1. The molecule has 5 unspecified atom stereocenters. The van der Waals surface area contributed by atoms with E-state index in [-0.39, 0.29) is 0 Å². The molecule has 19 heavy (non-hydrogen) atoms. The van der Waals surface area contributed by atoms with Crippen LogP contribution in [-0.4, -0.2) is 54.6 Å². The summed E-state index contributed by atoms with van der Waals surface area (Å²) in [7, 11) is 2.38. The van der Waals surface area contributed by atoms with Crippen LogP contribution in [0.3, 0.4) is 0 Å². The lowest BCUT2D eigenvalue weighted by atomic mass is 9.75.